The number of piperazine rings is 1. The standard InChI is InChI=1S/C22H27N3O2/c1-3-14-27-22(23)25-16-20(26)24(2)15-19(25)21(17-10-6-4-7-11-17)18-12-8-5-9-13-18/h4-13,19,21,23H,3,14-16H2,1-2H3/t19-/m1/s1. The van der Waals surface area contributed by atoms with Gasteiger partial charge in [0.15, 0.2) is 0 Å². The smallest absolute Gasteiger partial charge is 0.285 e. The second-order valence-corrected chi connectivity index (χ2v) is 6.92. The first kappa shape index (κ1) is 19.0. The number of rotatable bonds is 5. The monoisotopic (exact) mass is 365 g/mol. The highest BCUT2D eigenvalue weighted by Gasteiger charge is 2.38. The van der Waals surface area contributed by atoms with Crippen molar-refractivity contribution in [1.29, 1.82) is 5.41 Å². The molecule has 0 aliphatic carbocycles. The van der Waals surface area contributed by atoms with Gasteiger partial charge in [0, 0.05) is 19.5 Å². The van der Waals surface area contributed by atoms with Crippen molar-refractivity contribution in [2.75, 3.05) is 26.7 Å². The van der Waals surface area contributed by atoms with Crippen LogP contribution in [0.5, 0.6) is 0 Å². The summed E-state index contributed by atoms with van der Waals surface area (Å²) in [5.41, 5.74) is 2.34. The minimum Gasteiger partial charge on any atom is -0.465 e. The molecule has 1 N–H and O–H groups in total. The van der Waals surface area contributed by atoms with E-state index in [1.807, 2.05) is 55.3 Å². The molecule has 0 saturated carbocycles. The van der Waals surface area contributed by atoms with E-state index in [2.05, 4.69) is 24.3 Å². The highest BCUT2D eigenvalue weighted by Crippen LogP contribution is 2.33. The molecule has 5 nitrogen and oxygen atoms in total. The number of nitrogens with zero attached hydrogens (tertiary/aromatic N) is 2. The number of ether oxygens (including phenoxy) is 1. The summed E-state index contributed by atoms with van der Waals surface area (Å²) >= 11 is 0. The number of benzene rings is 2. The maximum Gasteiger partial charge on any atom is 0.285 e. The van der Waals surface area contributed by atoms with Crippen molar-refractivity contribution in [2.24, 2.45) is 0 Å². The van der Waals surface area contributed by atoms with E-state index in [0.717, 1.165) is 6.42 Å². The fourth-order valence-corrected chi connectivity index (χ4v) is 3.61. The first-order valence-electron chi connectivity index (χ1n) is 9.43. The number of carbonyl (C=O) groups is 1. The van der Waals surface area contributed by atoms with Crippen LogP contribution in [0.1, 0.15) is 30.4 Å². The fraction of sp³-hybridized carbons (Fsp3) is 0.364. The molecule has 0 unspecified atom stereocenters. The molecule has 1 aliphatic heterocycles. The molecule has 142 valence electrons. The lowest BCUT2D eigenvalue weighted by molar-refractivity contribution is -0.135. The number of hydrogen-bond donors (Lipinski definition) is 1. The lowest BCUT2D eigenvalue weighted by Gasteiger charge is -2.44. The zero-order valence-electron chi connectivity index (χ0n) is 16.0. The van der Waals surface area contributed by atoms with E-state index in [9.17, 15) is 4.79 Å². The Morgan fingerprint density at radius 2 is 1.67 bits per heavy atom. The van der Waals surface area contributed by atoms with E-state index in [4.69, 9.17) is 10.1 Å². The quantitative estimate of drug-likeness (QED) is 0.653. The molecule has 1 aliphatic rings. The molecule has 1 atom stereocenters. The van der Waals surface area contributed by atoms with Crippen LogP contribution in [0.2, 0.25) is 0 Å². The summed E-state index contributed by atoms with van der Waals surface area (Å²) in [7, 11) is 1.83. The predicted molar refractivity (Wildman–Crippen MR) is 107 cm³/mol. The Bertz CT molecular complexity index is 724. The second kappa shape index (κ2) is 8.71. The van der Waals surface area contributed by atoms with Gasteiger partial charge < -0.3 is 14.5 Å². The third kappa shape index (κ3) is 4.30. The predicted octanol–water partition coefficient (Wildman–Crippen LogP) is 3.32. The van der Waals surface area contributed by atoms with Crippen LogP contribution in [0.25, 0.3) is 0 Å². The van der Waals surface area contributed by atoms with Crippen molar-refractivity contribution >= 4 is 11.9 Å². The number of amides is 1. The van der Waals surface area contributed by atoms with Gasteiger partial charge in [0.25, 0.3) is 6.02 Å². The Morgan fingerprint density at radius 3 is 2.19 bits per heavy atom. The van der Waals surface area contributed by atoms with Crippen molar-refractivity contribution in [3.05, 3.63) is 71.8 Å². The number of nitrogens with one attached hydrogen (secondary N) is 1. The Hall–Kier alpha value is -2.82. The number of carbonyl (C=O) groups excluding carboxylic acids is 1. The lowest BCUT2D eigenvalue weighted by atomic mass is 9.83. The van der Waals surface area contributed by atoms with E-state index >= 15 is 0 Å². The molecular weight excluding hydrogens is 338 g/mol. The first-order valence-corrected chi connectivity index (χ1v) is 9.43. The van der Waals surface area contributed by atoms with Gasteiger partial charge >= 0.3 is 0 Å². The maximum absolute atomic E-state index is 12.4. The second-order valence-electron chi connectivity index (χ2n) is 6.92. The van der Waals surface area contributed by atoms with Gasteiger partial charge in [0.2, 0.25) is 5.91 Å². The van der Waals surface area contributed by atoms with Crippen LogP contribution in [-0.2, 0) is 9.53 Å². The molecule has 0 aromatic heterocycles. The lowest BCUT2D eigenvalue weighted by Crippen LogP contribution is -2.59. The van der Waals surface area contributed by atoms with E-state index < -0.39 is 0 Å². The minimum absolute atomic E-state index is 0.0102. The normalized spacial score (nSPS) is 17.3. The van der Waals surface area contributed by atoms with Gasteiger partial charge in [-0.3, -0.25) is 10.2 Å². The van der Waals surface area contributed by atoms with Crippen LogP contribution in [0, 0.1) is 5.41 Å². The van der Waals surface area contributed by atoms with Crippen LogP contribution in [0.4, 0.5) is 0 Å². The summed E-state index contributed by atoms with van der Waals surface area (Å²) in [4.78, 5) is 15.9. The topological polar surface area (TPSA) is 56.6 Å². The highest BCUT2D eigenvalue weighted by molar-refractivity contribution is 5.84. The summed E-state index contributed by atoms with van der Waals surface area (Å²) in [5, 5.41) is 8.42. The van der Waals surface area contributed by atoms with Crippen molar-refractivity contribution in [2.45, 2.75) is 25.3 Å². The number of likely N-dealkylation sites (N-methyl/N-ethyl adjacent to an activating group) is 1. The van der Waals surface area contributed by atoms with Crippen LogP contribution in [0.3, 0.4) is 0 Å². The molecule has 27 heavy (non-hydrogen) atoms. The molecule has 0 bridgehead atoms. The molecule has 0 radical (unpaired) electrons. The van der Waals surface area contributed by atoms with Crippen LogP contribution in [0.15, 0.2) is 60.7 Å². The molecule has 1 fully saturated rings. The molecular formula is C22H27N3O2. The zero-order chi connectivity index (χ0) is 19.2. The van der Waals surface area contributed by atoms with Crippen molar-refractivity contribution in [3.8, 4) is 0 Å². The average molecular weight is 365 g/mol. The molecule has 0 spiro atoms. The van der Waals surface area contributed by atoms with E-state index in [0.29, 0.717) is 13.2 Å². The fourth-order valence-electron chi connectivity index (χ4n) is 3.61. The summed E-state index contributed by atoms with van der Waals surface area (Å²) in [5.74, 6) is 0.0458. The van der Waals surface area contributed by atoms with Gasteiger partial charge in [-0.2, -0.15) is 0 Å². The third-order valence-corrected chi connectivity index (χ3v) is 5.00. The van der Waals surface area contributed by atoms with Gasteiger partial charge in [-0.1, -0.05) is 67.6 Å². The van der Waals surface area contributed by atoms with E-state index in [-0.39, 0.29) is 30.4 Å². The molecule has 5 heteroatoms. The van der Waals surface area contributed by atoms with Gasteiger partial charge in [-0.05, 0) is 17.5 Å². The van der Waals surface area contributed by atoms with Gasteiger partial charge in [-0.15, -0.1) is 0 Å². The number of hydrogen-bond acceptors (Lipinski definition) is 3. The van der Waals surface area contributed by atoms with Crippen molar-refractivity contribution in [1.82, 2.24) is 9.80 Å². The van der Waals surface area contributed by atoms with Gasteiger partial charge in [0.1, 0.15) is 6.54 Å². The van der Waals surface area contributed by atoms with Gasteiger partial charge in [-0.25, -0.2) is 0 Å². The molecule has 2 aromatic carbocycles. The summed E-state index contributed by atoms with van der Waals surface area (Å²) in [6.07, 6.45) is 0.829. The molecule has 3 rings (SSSR count). The SMILES string of the molecule is CCCOC(=N)N1CC(=O)N(C)C[C@@H]1C(c1ccccc1)c1ccccc1. The van der Waals surface area contributed by atoms with Crippen LogP contribution >= 0.6 is 0 Å². The first-order chi connectivity index (χ1) is 13.1. The maximum atomic E-state index is 12.4. The van der Waals surface area contributed by atoms with Crippen LogP contribution in [-0.4, -0.2) is 54.5 Å². The largest absolute Gasteiger partial charge is 0.465 e. The molecule has 1 heterocycles. The van der Waals surface area contributed by atoms with Crippen LogP contribution < -0.4 is 0 Å². The molecule has 2 aromatic rings. The number of amidine groups is 1. The van der Waals surface area contributed by atoms with Crippen molar-refractivity contribution in [3.63, 3.8) is 0 Å². The molecule has 1 amide bonds. The Morgan fingerprint density at radius 1 is 1.11 bits per heavy atom. The zero-order valence-corrected chi connectivity index (χ0v) is 16.0. The summed E-state index contributed by atoms with van der Waals surface area (Å²) < 4.78 is 5.60. The Kier molecular flexibility index (Phi) is 6.12. The van der Waals surface area contributed by atoms with Gasteiger partial charge in [0.05, 0.1) is 12.6 Å². The highest BCUT2D eigenvalue weighted by atomic mass is 16.5. The summed E-state index contributed by atoms with van der Waals surface area (Å²) in [6, 6.07) is 20.6. The average Bonchev–Trinajstić information content (AvgIpc) is 2.70. The minimum atomic E-state index is -0.0677. The van der Waals surface area contributed by atoms with E-state index in [1.54, 1.807) is 4.90 Å². The Labute approximate surface area is 161 Å². The Balaban J connectivity index is 2.01. The molecule has 1 saturated heterocycles. The summed E-state index contributed by atoms with van der Waals surface area (Å²) in [6.45, 7) is 3.20. The van der Waals surface area contributed by atoms with Crippen molar-refractivity contribution < 1.29 is 9.53 Å². The van der Waals surface area contributed by atoms with E-state index in [1.165, 1.54) is 11.1 Å². The third-order valence-electron chi connectivity index (χ3n) is 5.00.